The average molecular weight is 219 g/mol. The first-order valence-corrected chi connectivity index (χ1v) is 5.31. The van der Waals surface area contributed by atoms with Crippen LogP contribution in [0.25, 0.3) is 5.69 Å². The average Bonchev–Trinajstić information content (AvgIpc) is 2.79. The molecule has 4 heteroatoms. The molecule has 0 aliphatic rings. The summed E-state index contributed by atoms with van der Waals surface area (Å²) < 4.78 is 15.3. The highest BCUT2D eigenvalue weighted by Gasteiger charge is 2.09. The molecule has 3 nitrogen and oxygen atoms in total. The molecular weight excluding hydrogens is 205 g/mol. The Bertz CT molecular complexity index is 451. The summed E-state index contributed by atoms with van der Waals surface area (Å²) in [7, 11) is 0. The van der Waals surface area contributed by atoms with Gasteiger partial charge in [0.25, 0.3) is 0 Å². The van der Waals surface area contributed by atoms with Gasteiger partial charge in [-0.25, -0.2) is 9.07 Å². The molecule has 1 aromatic heterocycles. The van der Waals surface area contributed by atoms with Crippen LogP contribution in [0.1, 0.15) is 12.5 Å². The molecule has 84 valence electrons. The number of para-hydroxylation sites is 1. The summed E-state index contributed by atoms with van der Waals surface area (Å²) >= 11 is 0. The largest absolute Gasteiger partial charge is 0.313 e. The molecule has 0 bridgehead atoms. The van der Waals surface area contributed by atoms with E-state index in [0.29, 0.717) is 12.2 Å². The molecule has 0 saturated heterocycles. The van der Waals surface area contributed by atoms with Crippen molar-refractivity contribution >= 4 is 0 Å². The zero-order valence-electron chi connectivity index (χ0n) is 9.15. The molecule has 0 atom stereocenters. The van der Waals surface area contributed by atoms with E-state index in [1.807, 2.05) is 13.0 Å². The van der Waals surface area contributed by atoms with Gasteiger partial charge in [-0.05, 0) is 24.2 Å². The number of halogens is 1. The molecular formula is C12H14FN3. The highest BCUT2D eigenvalue weighted by Crippen LogP contribution is 2.17. The van der Waals surface area contributed by atoms with Gasteiger partial charge in [-0.3, -0.25) is 0 Å². The Morgan fingerprint density at radius 3 is 2.94 bits per heavy atom. The van der Waals surface area contributed by atoms with Crippen molar-refractivity contribution in [2.45, 2.75) is 13.5 Å². The van der Waals surface area contributed by atoms with Crippen LogP contribution < -0.4 is 5.32 Å². The second-order valence-corrected chi connectivity index (χ2v) is 3.48. The fourth-order valence-electron chi connectivity index (χ4n) is 1.62. The third-order valence-electron chi connectivity index (χ3n) is 2.37. The molecule has 0 radical (unpaired) electrons. The van der Waals surface area contributed by atoms with Gasteiger partial charge in [0.2, 0.25) is 0 Å². The number of hydrogen-bond donors (Lipinski definition) is 1. The molecule has 0 aliphatic carbocycles. The van der Waals surface area contributed by atoms with Crippen molar-refractivity contribution in [3.05, 3.63) is 48.0 Å². The van der Waals surface area contributed by atoms with Crippen LogP contribution in [0.2, 0.25) is 0 Å². The third-order valence-corrected chi connectivity index (χ3v) is 2.37. The van der Waals surface area contributed by atoms with Gasteiger partial charge in [0.1, 0.15) is 11.5 Å². The Morgan fingerprint density at radius 2 is 2.25 bits per heavy atom. The molecule has 0 fully saturated rings. The van der Waals surface area contributed by atoms with Crippen LogP contribution in [0.15, 0.2) is 36.7 Å². The normalized spacial score (nSPS) is 10.6. The van der Waals surface area contributed by atoms with E-state index >= 15 is 0 Å². The van der Waals surface area contributed by atoms with Crippen LogP contribution in [-0.4, -0.2) is 16.3 Å². The summed E-state index contributed by atoms with van der Waals surface area (Å²) in [5.41, 5.74) is 1.43. The summed E-state index contributed by atoms with van der Waals surface area (Å²) in [6.07, 6.45) is 3.39. The molecule has 2 rings (SSSR count). The highest BCUT2D eigenvalue weighted by molar-refractivity contribution is 5.41. The number of hydrogen-bond acceptors (Lipinski definition) is 2. The van der Waals surface area contributed by atoms with Gasteiger partial charge in [-0.1, -0.05) is 19.1 Å². The van der Waals surface area contributed by atoms with Crippen molar-refractivity contribution in [2.75, 3.05) is 6.54 Å². The maximum Gasteiger partial charge on any atom is 0.149 e. The maximum absolute atomic E-state index is 13.8. The molecule has 0 spiro atoms. The van der Waals surface area contributed by atoms with E-state index in [1.54, 1.807) is 29.2 Å². The Hall–Kier alpha value is -1.68. The van der Waals surface area contributed by atoms with Crippen LogP contribution in [0.4, 0.5) is 4.39 Å². The second-order valence-electron chi connectivity index (χ2n) is 3.48. The summed E-state index contributed by atoms with van der Waals surface area (Å²) in [4.78, 5) is 0. The molecule has 0 aliphatic heterocycles. The number of benzene rings is 1. The van der Waals surface area contributed by atoms with Gasteiger partial charge in [0.05, 0.1) is 0 Å². The molecule has 1 aromatic carbocycles. The van der Waals surface area contributed by atoms with Crippen LogP contribution >= 0.6 is 0 Å². The number of nitrogens with one attached hydrogen (secondary N) is 1. The predicted molar refractivity (Wildman–Crippen MR) is 60.9 cm³/mol. The lowest BCUT2D eigenvalue weighted by atomic mass is 10.1. The quantitative estimate of drug-likeness (QED) is 0.853. The predicted octanol–water partition coefficient (Wildman–Crippen LogP) is 2.12. The van der Waals surface area contributed by atoms with E-state index < -0.39 is 0 Å². The summed E-state index contributed by atoms with van der Waals surface area (Å²) in [5, 5.41) is 7.25. The second kappa shape index (κ2) is 4.90. The summed E-state index contributed by atoms with van der Waals surface area (Å²) in [5.74, 6) is -0.251. The standard InChI is InChI=1S/C12H14FN3/c1-2-14-9-10-5-3-6-11(13)12(10)16-8-4-7-15-16/h3-8,14H,2,9H2,1H3. The van der Waals surface area contributed by atoms with Crippen molar-refractivity contribution in [3.8, 4) is 5.69 Å². The Morgan fingerprint density at radius 1 is 1.38 bits per heavy atom. The SMILES string of the molecule is CCNCc1cccc(F)c1-n1cccn1. The highest BCUT2D eigenvalue weighted by atomic mass is 19.1. The Balaban J connectivity index is 2.41. The van der Waals surface area contributed by atoms with Gasteiger partial charge in [0, 0.05) is 18.9 Å². The molecule has 1 N–H and O–H groups in total. The first-order valence-electron chi connectivity index (χ1n) is 5.31. The molecule has 0 saturated carbocycles. The minimum atomic E-state index is -0.251. The van der Waals surface area contributed by atoms with Crippen LogP contribution in [0.5, 0.6) is 0 Å². The van der Waals surface area contributed by atoms with Crippen LogP contribution in [0, 0.1) is 5.82 Å². The van der Waals surface area contributed by atoms with Crippen molar-refractivity contribution in [1.82, 2.24) is 15.1 Å². The van der Waals surface area contributed by atoms with E-state index in [9.17, 15) is 4.39 Å². The van der Waals surface area contributed by atoms with Crippen molar-refractivity contribution < 1.29 is 4.39 Å². The van der Waals surface area contributed by atoms with Gasteiger partial charge >= 0.3 is 0 Å². The minimum absolute atomic E-state index is 0.251. The molecule has 0 amide bonds. The van der Waals surface area contributed by atoms with Crippen molar-refractivity contribution in [2.24, 2.45) is 0 Å². The molecule has 0 unspecified atom stereocenters. The fourth-order valence-corrected chi connectivity index (χ4v) is 1.62. The van der Waals surface area contributed by atoms with E-state index in [-0.39, 0.29) is 5.82 Å². The number of aromatic nitrogens is 2. The fraction of sp³-hybridized carbons (Fsp3) is 0.250. The Kier molecular flexibility index (Phi) is 3.31. The number of nitrogens with zero attached hydrogens (tertiary/aromatic N) is 2. The lowest BCUT2D eigenvalue weighted by Gasteiger charge is -2.10. The topological polar surface area (TPSA) is 29.9 Å². The summed E-state index contributed by atoms with van der Waals surface area (Å²) in [6, 6.07) is 6.85. The number of rotatable bonds is 4. The van der Waals surface area contributed by atoms with Gasteiger partial charge in [-0.2, -0.15) is 5.10 Å². The summed E-state index contributed by atoms with van der Waals surface area (Å²) in [6.45, 7) is 3.52. The van der Waals surface area contributed by atoms with E-state index in [4.69, 9.17) is 0 Å². The van der Waals surface area contributed by atoms with Crippen LogP contribution in [0.3, 0.4) is 0 Å². The van der Waals surface area contributed by atoms with E-state index in [2.05, 4.69) is 10.4 Å². The first-order chi connectivity index (χ1) is 7.83. The lowest BCUT2D eigenvalue weighted by molar-refractivity contribution is 0.602. The molecule has 2 aromatic rings. The van der Waals surface area contributed by atoms with E-state index in [1.165, 1.54) is 6.07 Å². The van der Waals surface area contributed by atoms with Gasteiger partial charge in [0.15, 0.2) is 0 Å². The van der Waals surface area contributed by atoms with E-state index in [0.717, 1.165) is 12.1 Å². The van der Waals surface area contributed by atoms with Crippen LogP contribution in [-0.2, 0) is 6.54 Å². The van der Waals surface area contributed by atoms with Gasteiger partial charge < -0.3 is 5.32 Å². The zero-order valence-corrected chi connectivity index (χ0v) is 9.15. The Labute approximate surface area is 93.9 Å². The van der Waals surface area contributed by atoms with Crippen molar-refractivity contribution in [1.29, 1.82) is 0 Å². The lowest BCUT2D eigenvalue weighted by Crippen LogP contribution is -2.15. The maximum atomic E-state index is 13.8. The van der Waals surface area contributed by atoms with Crippen molar-refractivity contribution in [3.63, 3.8) is 0 Å². The van der Waals surface area contributed by atoms with Gasteiger partial charge in [-0.15, -0.1) is 0 Å². The smallest absolute Gasteiger partial charge is 0.149 e. The molecule has 1 heterocycles. The third kappa shape index (κ3) is 2.12. The first kappa shape index (κ1) is 10.8. The molecule has 16 heavy (non-hydrogen) atoms. The zero-order chi connectivity index (χ0) is 11.4. The monoisotopic (exact) mass is 219 g/mol. The minimum Gasteiger partial charge on any atom is -0.313 e.